The molecule has 15 heavy (non-hydrogen) atoms. The van der Waals surface area contributed by atoms with E-state index in [2.05, 4.69) is 18.8 Å². The number of aromatic amines is 1. The number of hydroxylamine groups is 1. The van der Waals surface area contributed by atoms with Crippen molar-refractivity contribution in [1.29, 1.82) is 0 Å². The van der Waals surface area contributed by atoms with Gasteiger partial charge in [0.25, 0.3) is 0 Å². The molecule has 3 nitrogen and oxygen atoms in total. The van der Waals surface area contributed by atoms with Gasteiger partial charge < -0.3 is 10.2 Å². The first-order valence-corrected chi connectivity index (χ1v) is 5.42. The number of hydrogen-bond donors (Lipinski definition) is 1. The van der Waals surface area contributed by atoms with Crippen molar-refractivity contribution in [1.82, 2.24) is 4.98 Å². The van der Waals surface area contributed by atoms with Crippen LogP contribution >= 0.6 is 0 Å². The minimum absolute atomic E-state index is 0.0659. The molecule has 0 aliphatic carbocycles. The maximum atomic E-state index is 11.9. The molecule has 0 amide bonds. The van der Waals surface area contributed by atoms with Gasteiger partial charge in [-0.15, -0.1) is 0 Å². The van der Waals surface area contributed by atoms with Crippen LogP contribution in [-0.4, -0.2) is 21.5 Å². The molecule has 2 heterocycles. The molecule has 1 N–H and O–H groups in total. The van der Waals surface area contributed by atoms with Crippen LogP contribution in [0.2, 0.25) is 0 Å². The van der Waals surface area contributed by atoms with Gasteiger partial charge in [0.1, 0.15) is 0 Å². The fourth-order valence-electron chi connectivity index (χ4n) is 2.50. The van der Waals surface area contributed by atoms with Crippen LogP contribution in [-0.2, 0) is 6.42 Å². The Hall–Kier alpha value is -1.25. The third kappa shape index (κ3) is 1.78. The number of aromatic nitrogens is 1. The highest BCUT2D eigenvalue weighted by molar-refractivity contribution is 5.79. The van der Waals surface area contributed by atoms with E-state index in [0.29, 0.717) is 0 Å². The van der Waals surface area contributed by atoms with E-state index in [9.17, 15) is 5.21 Å². The molecule has 0 saturated heterocycles. The number of H-pyrrole nitrogens is 1. The zero-order valence-electron chi connectivity index (χ0n) is 9.58. The van der Waals surface area contributed by atoms with Crippen molar-refractivity contribution >= 4 is 5.71 Å². The van der Waals surface area contributed by atoms with Crippen molar-refractivity contribution in [3.8, 4) is 0 Å². The fourth-order valence-corrected chi connectivity index (χ4v) is 2.50. The highest BCUT2D eigenvalue weighted by Gasteiger charge is 2.43. The first-order valence-electron chi connectivity index (χ1n) is 5.42. The molecule has 0 aromatic carbocycles. The van der Waals surface area contributed by atoms with Crippen molar-refractivity contribution in [2.45, 2.75) is 39.7 Å². The van der Waals surface area contributed by atoms with Gasteiger partial charge in [-0.25, -0.2) is 4.74 Å². The highest BCUT2D eigenvalue weighted by Crippen LogP contribution is 2.34. The Morgan fingerprint density at radius 2 is 2.33 bits per heavy atom. The van der Waals surface area contributed by atoms with Crippen LogP contribution in [0.5, 0.6) is 0 Å². The van der Waals surface area contributed by atoms with E-state index >= 15 is 0 Å². The second-order valence-electron chi connectivity index (χ2n) is 5.14. The maximum absolute atomic E-state index is 11.9. The summed E-state index contributed by atoms with van der Waals surface area (Å²) in [5.41, 5.74) is 2.18. The first-order chi connectivity index (χ1) is 7.00. The smallest absolute Gasteiger partial charge is 0.174 e. The molecule has 2 rings (SSSR count). The third-order valence-electron chi connectivity index (χ3n) is 3.35. The van der Waals surface area contributed by atoms with Crippen molar-refractivity contribution in [3.63, 3.8) is 0 Å². The van der Waals surface area contributed by atoms with Crippen LogP contribution in [0.15, 0.2) is 18.3 Å². The molecule has 0 radical (unpaired) electrons. The van der Waals surface area contributed by atoms with Gasteiger partial charge in [0.15, 0.2) is 11.8 Å². The highest BCUT2D eigenvalue weighted by atomic mass is 16.5. The predicted octanol–water partition coefficient (Wildman–Crippen LogP) is 2.33. The molecule has 0 saturated carbocycles. The zero-order chi connectivity index (χ0) is 11.1. The second kappa shape index (κ2) is 3.40. The Kier molecular flexibility index (Phi) is 2.33. The van der Waals surface area contributed by atoms with Gasteiger partial charge >= 0.3 is 0 Å². The van der Waals surface area contributed by atoms with Crippen molar-refractivity contribution in [2.24, 2.45) is 5.41 Å². The van der Waals surface area contributed by atoms with E-state index < -0.39 is 0 Å². The summed E-state index contributed by atoms with van der Waals surface area (Å²) >= 11 is 0. The Bertz CT molecular complexity index is 376. The summed E-state index contributed by atoms with van der Waals surface area (Å²) in [5, 5.41) is 11.9. The van der Waals surface area contributed by atoms with Crippen LogP contribution in [0.25, 0.3) is 0 Å². The van der Waals surface area contributed by atoms with E-state index in [4.69, 9.17) is 0 Å². The van der Waals surface area contributed by atoms with Gasteiger partial charge in [0.2, 0.25) is 0 Å². The number of rotatable bonds is 2. The van der Waals surface area contributed by atoms with Crippen LogP contribution in [0.1, 0.15) is 32.9 Å². The number of nitrogens with one attached hydrogen (secondary N) is 1. The fraction of sp³-hybridized carbons (Fsp3) is 0.583. The Labute approximate surface area is 90.4 Å². The minimum Gasteiger partial charge on any atom is -0.624 e. The normalized spacial score (nSPS) is 24.9. The maximum Gasteiger partial charge on any atom is 0.174 e. The van der Waals surface area contributed by atoms with Gasteiger partial charge in [-0.05, 0) is 12.1 Å². The second-order valence-corrected chi connectivity index (χ2v) is 5.14. The molecule has 1 unspecified atom stereocenters. The molecule has 0 fully saturated rings. The molecule has 3 heteroatoms. The molecule has 82 valence electrons. The molecule has 0 bridgehead atoms. The van der Waals surface area contributed by atoms with E-state index in [-0.39, 0.29) is 11.5 Å². The van der Waals surface area contributed by atoms with E-state index in [1.54, 1.807) is 0 Å². The van der Waals surface area contributed by atoms with Gasteiger partial charge in [0.05, 0.1) is 6.42 Å². The third-order valence-corrected chi connectivity index (χ3v) is 3.35. The quantitative estimate of drug-likeness (QED) is 0.585. The SMILES string of the molecule is CC1=[N+]([O-])C(Cc2ccc[nH]2)C(C)(C)C1. The minimum atomic E-state index is 0.0659. The Balaban J connectivity index is 2.20. The van der Waals surface area contributed by atoms with E-state index in [1.165, 1.54) is 4.74 Å². The van der Waals surface area contributed by atoms with Gasteiger partial charge in [0, 0.05) is 30.7 Å². The topological polar surface area (TPSA) is 41.9 Å². The van der Waals surface area contributed by atoms with Crippen molar-refractivity contribution in [3.05, 3.63) is 29.2 Å². The van der Waals surface area contributed by atoms with Crippen LogP contribution in [0.4, 0.5) is 0 Å². The summed E-state index contributed by atoms with van der Waals surface area (Å²) in [5.74, 6) is 0. The summed E-state index contributed by atoms with van der Waals surface area (Å²) in [6.45, 7) is 6.27. The van der Waals surface area contributed by atoms with E-state index in [1.807, 2.05) is 25.3 Å². The average Bonchev–Trinajstić information content (AvgIpc) is 2.69. The summed E-state index contributed by atoms with van der Waals surface area (Å²) in [4.78, 5) is 3.16. The average molecular weight is 206 g/mol. The summed E-state index contributed by atoms with van der Waals surface area (Å²) in [6, 6.07) is 4.08. The monoisotopic (exact) mass is 206 g/mol. The first kappa shape index (κ1) is 10.3. The van der Waals surface area contributed by atoms with Crippen LogP contribution < -0.4 is 0 Å². The Morgan fingerprint density at radius 1 is 1.60 bits per heavy atom. The molecule has 1 atom stereocenters. The summed E-state index contributed by atoms with van der Waals surface area (Å²) in [6.07, 6.45) is 3.62. The van der Waals surface area contributed by atoms with Crippen LogP contribution in [0.3, 0.4) is 0 Å². The lowest BCUT2D eigenvalue weighted by molar-refractivity contribution is -0.506. The molecule has 1 aromatic rings. The molecule has 0 spiro atoms. The Morgan fingerprint density at radius 3 is 2.80 bits per heavy atom. The molecular weight excluding hydrogens is 188 g/mol. The molecule has 1 aliphatic heterocycles. The predicted molar refractivity (Wildman–Crippen MR) is 61.0 cm³/mol. The lowest BCUT2D eigenvalue weighted by Crippen LogP contribution is -2.33. The lowest BCUT2D eigenvalue weighted by Gasteiger charge is -2.24. The number of nitrogens with zero attached hydrogens (tertiary/aromatic N) is 1. The van der Waals surface area contributed by atoms with Gasteiger partial charge in [-0.3, -0.25) is 0 Å². The van der Waals surface area contributed by atoms with Gasteiger partial charge in [-0.1, -0.05) is 13.8 Å². The summed E-state index contributed by atoms with van der Waals surface area (Å²) in [7, 11) is 0. The largest absolute Gasteiger partial charge is 0.624 e. The van der Waals surface area contributed by atoms with Crippen molar-refractivity contribution < 1.29 is 4.74 Å². The standard InChI is InChI=1S/C12H18N2O/c1-9-8-12(2,3)11(14(9)15)7-10-5-4-6-13-10/h4-6,11,13H,7-8H2,1-3H3. The molecular formula is C12H18N2O. The van der Waals surface area contributed by atoms with Crippen LogP contribution in [0, 0.1) is 10.6 Å². The van der Waals surface area contributed by atoms with Crippen molar-refractivity contribution in [2.75, 3.05) is 0 Å². The molecule has 1 aliphatic rings. The zero-order valence-corrected chi connectivity index (χ0v) is 9.58. The number of hydrogen-bond acceptors (Lipinski definition) is 1. The van der Waals surface area contributed by atoms with E-state index in [0.717, 1.165) is 24.2 Å². The molecule has 1 aromatic heterocycles. The summed E-state index contributed by atoms with van der Waals surface area (Å²) < 4.78 is 1.20. The lowest BCUT2D eigenvalue weighted by atomic mass is 9.81. The van der Waals surface area contributed by atoms with Gasteiger partial charge in [-0.2, -0.15) is 0 Å².